The summed E-state index contributed by atoms with van der Waals surface area (Å²) in [7, 11) is 0. The van der Waals surface area contributed by atoms with Gasteiger partial charge in [0.15, 0.2) is 0 Å². The lowest BCUT2D eigenvalue weighted by atomic mass is 10.1. The molecule has 18 heavy (non-hydrogen) atoms. The smallest absolute Gasteiger partial charge is 0.337 e. The number of carboxylic acid groups (broad SMARTS) is 1. The van der Waals surface area contributed by atoms with Gasteiger partial charge in [0.2, 0.25) is 11.8 Å². The fourth-order valence-corrected chi connectivity index (χ4v) is 1.94. The highest BCUT2D eigenvalue weighted by Crippen LogP contribution is 2.28. The molecule has 6 heteroatoms. The molecular weight excluding hydrogens is 236 g/mol. The van der Waals surface area contributed by atoms with Crippen molar-refractivity contribution in [1.29, 1.82) is 0 Å². The van der Waals surface area contributed by atoms with E-state index in [4.69, 9.17) is 10.8 Å². The minimum absolute atomic E-state index is 0.0530. The monoisotopic (exact) mass is 248 g/mol. The predicted octanol–water partition coefficient (Wildman–Crippen LogP) is 1.01. The molecule has 1 aliphatic rings. The second kappa shape index (κ2) is 4.48. The van der Waals surface area contributed by atoms with E-state index in [1.165, 1.54) is 18.2 Å². The number of benzene rings is 1. The standard InChI is InChI=1S/C12H12N2O4/c13-7-4-5-8(12(17)18)9(6-7)14-10(15)2-1-3-11(14)16/h4-6H,1-3,13H2,(H,17,18). The second-order valence-electron chi connectivity index (χ2n) is 4.06. The molecule has 2 rings (SSSR count). The van der Waals surface area contributed by atoms with E-state index < -0.39 is 5.97 Å². The number of carbonyl (C=O) groups excluding carboxylic acids is 2. The van der Waals surface area contributed by atoms with Crippen molar-refractivity contribution in [3.05, 3.63) is 23.8 Å². The zero-order valence-electron chi connectivity index (χ0n) is 9.55. The Balaban J connectivity index is 2.54. The Morgan fingerprint density at radius 2 is 1.83 bits per heavy atom. The van der Waals surface area contributed by atoms with E-state index in [1.54, 1.807) is 0 Å². The van der Waals surface area contributed by atoms with E-state index in [2.05, 4.69) is 0 Å². The van der Waals surface area contributed by atoms with Gasteiger partial charge in [0.1, 0.15) is 0 Å². The van der Waals surface area contributed by atoms with E-state index in [9.17, 15) is 14.4 Å². The van der Waals surface area contributed by atoms with Gasteiger partial charge in [0, 0.05) is 18.5 Å². The average Bonchev–Trinajstić information content (AvgIpc) is 2.28. The van der Waals surface area contributed by atoms with Crippen LogP contribution in [0, 0.1) is 0 Å². The number of anilines is 2. The number of amides is 2. The third kappa shape index (κ3) is 2.04. The van der Waals surface area contributed by atoms with Crippen LogP contribution in [-0.2, 0) is 9.59 Å². The van der Waals surface area contributed by atoms with E-state index >= 15 is 0 Å². The van der Waals surface area contributed by atoms with Gasteiger partial charge in [0.05, 0.1) is 11.3 Å². The molecule has 0 atom stereocenters. The summed E-state index contributed by atoms with van der Waals surface area (Å²) in [4.78, 5) is 35.5. The lowest BCUT2D eigenvalue weighted by Gasteiger charge is -2.26. The van der Waals surface area contributed by atoms with Gasteiger partial charge in [0.25, 0.3) is 0 Å². The van der Waals surface area contributed by atoms with Crippen molar-refractivity contribution in [3.63, 3.8) is 0 Å². The number of rotatable bonds is 2. The number of piperidine rings is 1. The highest BCUT2D eigenvalue weighted by molar-refractivity contribution is 6.19. The summed E-state index contributed by atoms with van der Waals surface area (Å²) in [6.07, 6.45) is 0.970. The Hall–Kier alpha value is -2.37. The zero-order chi connectivity index (χ0) is 13.3. The maximum Gasteiger partial charge on any atom is 0.337 e. The van der Waals surface area contributed by atoms with Crippen molar-refractivity contribution in [2.75, 3.05) is 10.6 Å². The first-order valence-electron chi connectivity index (χ1n) is 5.49. The van der Waals surface area contributed by atoms with Crippen LogP contribution >= 0.6 is 0 Å². The van der Waals surface area contributed by atoms with Crippen LogP contribution in [0.4, 0.5) is 11.4 Å². The van der Waals surface area contributed by atoms with Gasteiger partial charge in [-0.2, -0.15) is 0 Å². The minimum atomic E-state index is -1.20. The van der Waals surface area contributed by atoms with Crippen LogP contribution in [0.25, 0.3) is 0 Å². The molecule has 0 aromatic heterocycles. The lowest BCUT2D eigenvalue weighted by molar-refractivity contribution is -0.129. The van der Waals surface area contributed by atoms with Crippen molar-refractivity contribution < 1.29 is 19.5 Å². The average molecular weight is 248 g/mol. The molecule has 1 heterocycles. The van der Waals surface area contributed by atoms with E-state index in [-0.39, 0.29) is 35.9 Å². The molecule has 0 radical (unpaired) electrons. The summed E-state index contributed by atoms with van der Waals surface area (Å²) in [5.41, 5.74) is 5.84. The van der Waals surface area contributed by atoms with Crippen molar-refractivity contribution in [2.24, 2.45) is 0 Å². The third-order valence-corrected chi connectivity index (χ3v) is 2.77. The summed E-state index contributed by atoms with van der Waals surface area (Å²) in [5, 5.41) is 9.07. The van der Waals surface area contributed by atoms with Crippen LogP contribution in [0.5, 0.6) is 0 Å². The SMILES string of the molecule is Nc1ccc(C(=O)O)c(N2C(=O)CCCC2=O)c1. The van der Waals surface area contributed by atoms with Crippen LogP contribution in [-0.4, -0.2) is 22.9 Å². The molecule has 6 nitrogen and oxygen atoms in total. The van der Waals surface area contributed by atoms with Crippen LogP contribution in [0.3, 0.4) is 0 Å². The number of hydrogen-bond acceptors (Lipinski definition) is 4. The maximum atomic E-state index is 11.8. The number of aromatic carboxylic acids is 1. The highest BCUT2D eigenvalue weighted by Gasteiger charge is 2.30. The van der Waals surface area contributed by atoms with Gasteiger partial charge in [-0.15, -0.1) is 0 Å². The molecule has 1 fully saturated rings. The second-order valence-corrected chi connectivity index (χ2v) is 4.06. The van der Waals surface area contributed by atoms with E-state index in [0.717, 1.165) is 4.90 Å². The van der Waals surface area contributed by atoms with Crippen LogP contribution < -0.4 is 10.6 Å². The number of nitrogens with two attached hydrogens (primary N) is 1. The maximum absolute atomic E-state index is 11.8. The molecule has 0 aliphatic carbocycles. The first-order valence-corrected chi connectivity index (χ1v) is 5.49. The number of hydrogen-bond donors (Lipinski definition) is 2. The first-order chi connectivity index (χ1) is 8.50. The molecule has 94 valence electrons. The van der Waals surface area contributed by atoms with Crippen molar-refractivity contribution >= 4 is 29.2 Å². The van der Waals surface area contributed by atoms with Gasteiger partial charge < -0.3 is 10.8 Å². The third-order valence-electron chi connectivity index (χ3n) is 2.77. The lowest BCUT2D eigenvalue weighted by Crippen LogP contribution is -2.41. The normalized spacial score (nSPS) is 15.9. The Morgan fingerprint density at radius 1 is 1.22 bits per heavy atom. The minimum Gasteiger partial charge on any atom is -0.478 e. The Kier molecular flexibility index (Phi) is 3.01. The van der Waals surface area contributed by atoms with Gasteiger partial charge in [-0.3, -0.25) is 9.59 Å². The number of carbonyl (C=O) groups is 3. The highest BCUT2D eigenvalue weighted by atomic mass is 16.4. The Labute approximate surface area is 103 Å². The van der Waals surface area contributed by atoms with Crippen molar-refractivity contribution in [1.82, 2.24) is 0 Å². The molecule has 0 unspecified atom stereocenters. The summed E-state index contributed by atoms with van der Waals surface area (Å²) < 4.78 is 0. The largest absolute Gasteiger partial charge is 0.478 e. The summed E-state index contributed by atoms with van der Waals surface area (Å²) in [6.45, 7) is 0. The van der Waals surface area contributed by atoms with Crippen LogP contribution in [0.15, 0.2) is 18.2 Å². The van der Waals surface area contributed by atoms with Crippen LogP contribution in [0.2, 0.25) is 0 Å². The van der Waals surface area contributed by atoms with Gasteiger partial charge in [-0.1, -0.05) is 0 Å². The van der Waals surface area contributed by atoms with Crippen molar-refractivity contribution in [2.45, 2.75) is 19.3 Å². The Bertz CT molecular complexity index is 523. The molecule has 1 aliphatic heterocycles. The molecule has 1 saturated heterocycles. The topological polar surface area (TPSA) is 101 Å². The number of carboxylic acids is 1. The summed E-state index contributed by atoms with van der Waals surface area (Å²) in [5.74, 6) is -1.98. The molecule has 3 N–H and O–H groups in total. The fraction of sp³-hybridized carbons (Fsp3) is 0.250. The van der Waals surface area contributed by atoms with Gasteiger partial charge in [-0.05, 0) is 24.6 Å². The Morgan fingerprint density at radius 3 is 2.39 bits per heavy atom. The summed E-state index contributed by atoms with van der Waals surface area (Å²) in [6, 6.07) is 4.05. The molecular formula is C12H12N2O4. The first kappa shape index (κ1) is 12.1. The summed E-state index contributed by atoms with van der Waals surface area (Å²) >= 11 is 0. The van der Waals surface area contributed by atoms with Gasteiger partial charge in [-0.25, -0.2) is 9.69 Å². The molecule has 1 aromatic rings. The molecule has 1 aromatic carbocycles. The molecule has 0 saturated carbocycles. The van der Waals surface area contributed by atoms with E-state index in [1.807, 2.05) is 0 Å². The zero-order valence-corrected chi connectivity index (χ0v) is 9.55. The number of nitrogens with zero attached hydrogens (tertiary/aromatic N) is 1. The fourth-order valence-electron chi connectivity index (χ4n) is 1.94. The van der Waals surface area contributed by atoms with Crippen LogP contribution in [0.1, 0.15) is 29.6 Å². The number of imide groups is 1. The van der Waals surface area contributed by atoms with Crippen molar-refractivity contribution in [3.8, 4) is 0 Å². The predicted molar refractivity (Wildman–Crippen MR) is 64.2 cm³/mol. The van der Waals surface area contributed by atoms with E-state index in [0.29, 0.717) is 12.1 Å². The molecule has 2 amide bonds. The molecule has 0 bridgehead atoms. The van der Waals surface area contributed by atoms with Gasteiger partial charge >= 0.3 is 5.97 Å². The number of nitrogen functional groups attached to an aromatic ring is 1. The quantitative estimate of drug-likeness (QED) is 0.600. The molecule has 0 spiro atoms.